The summed E-state index contributed by atoms with van der Waals surface area (Å²) in [6.07, 6.45) is 0. The number of hydrogen-bond acceptors (Lipinski definition) is 1. The number of para-hydroxylation sites is 2. The van der Waals surface area contributed by atoms with Crippen molar-refractivity contribution in [2.24, 2.45) is 0 Å². The van der Waals surface area contributed by atoms with Crippen LogP contribution in [-0.2, 0) is 0 Å². The minimum Gasteiger partial charge on any atom is -0.309 e. The van der Waals surface area contributed by atoms with Gasteiger partial charge >= 0.3 is 0 Å². The van der Waals surface area contributed by atoms with E-state index in [4.69, 9.17) is 6.57 Å². The van der Waals surface area contributed by atoms with Crippen LogP contribution in [0.15, 0.2) is 164 Å². The van der Waals surface area contributed by atoms with Crippen molar-refractivity contribution in [1.82, 2.24) is 9.13 Å². The zero-order chi connectivity index (χ0) is 37.5. The van der Waals surface area contributed by atoms with Crippen LogP contribution in [0.4, 0.5) is 5.69 Å². The first-order chi connectivity index (χ1) is 28.2. The first kappa shape index (κ1) is 30.5. The van der Waals surface area contributed by atoms with Gasteiger partial charge in [0.15, 0.2) is 5.69 Å². The topological polar surface area (TPSA) is 38.0 Å². The maximum atomic E-state index is 9.61. The van der Waals surface area contributed by atoms with E-state index >= 15 is 0 Å². The molecule has 258 valence electrons. The molecule has 11 aromatic rings. The second kappa shape index (κ2) is 10.9. The Morgan fingerprint density at radius 1 is 0.474 bits per heavy atom. The standard InChI is InChI=1S/C52H27BN4/c1-55-31-21-25-33(26-22-31)57-47-18-5-3-10-35(47)43-28-41-37-12-6-11-36-40-27-42-34-9-2-4-17-46(34)56(32-23-19-30(29-54)20-24-32)51(42)38-13-7-15-44(48(38)40)53(50(36)37)45-16-8-14-39(49(41)45)52(43)57/h2-28H. The Labute approximate surface area is 327 Å². The Hall–Kier alpha value is -7.86. The number of nitrogens with zero attached hydrogens (tertiary/aromatic N) is 4. The zero-order valence-electron chi connectivity index (χ0n) is 30.5. The predicted octanol–water partition coefficient (Wildman–Crippen LogP) is 11.1. The third-order valence-corrected chi connectivity index (χ3v) is 12.7. The van der Waals surface area contributed by atoms with Crippen molar-refractivity contribution in [3.8, 4) is 39.7 Å². The molecule has 0 N–H and O–H groups in total. The molecule has 5 heteroatoms. The van der Waals surface area contributed by atoms with Gasteiger partial charge in [-0.2, -0.15) is 5.26 Å². The number of aromatic nitrogens is 2. The highest BCUT2D eigenvalue weighted by molar-refractivity contribution is 7.01. The highest BCUT2D eigenvalue weighted by Crippen LogP contribution is 2.46. The van der Waals surface area contributed by atoms with E-state index in [-0.39, 0.29) is 6.71 Å². The van der Waals surface area contributed by atoms with Crippen LogP contribution in [0.2, 0.25) is 0 Å². The monoisotopic (exact) mass is 718 g/mol. The first-order valence-electron chi connectivity index (χ1n) is 19.3. The average molecular weight is 719 g/mol. The third kappa shape index (κ3) is 3.80. The van der Waals surface area contributed by atoms with Crippen molar-refractivity contribution in [2.45, 2.75) is 0 Å². The number of nitriles is 1. The molecule has 0 saturated carbocycles. The second-order valence-electron chi connectivity index (χ2n) is 15.4. The van der Waals surface area contributed by atoms with E-state index in [0.29, 0.717) is 11.3 Å². The maximum Gasteiger partial charge on any atom is 0.244 e. The third-order valence-electron chi connectivity index (χ3n) is 12.7. The van der Waals surface area contributed by atoms with Gasteiger partial charge in [-0.25, -0.2) is 4.85 Å². The Bertz CT molecular complexity index is 3460. The largest absolute Gasteiger partial charge is 0.309 e. The summed E-state index contributed by atoms with van der Waals surface area (Å²) < 4.78 is 4.78. The lowest BCUT2D eigenvalue weighted by atomic mass is 9.31. The molecule has 0 unspecified atom stereocenters. The normalized spacial score (nSPS) is 12.5. The van der Waals surface area contributed by atoms with Gasteiger partial charge in [-0.1, -0.05) is 120 Å². The van der Waals surface area contributed by atoms with Crippen LogP contribution in [0.1, 0.15) is 5.56 Å². The molecule has 4 heterocycles. The van der Waals surface area contributed by atoms with Gasteiger partial charge in [0.25, 0.3) is 0 Å². The van der Waals surface area contributed by atoms with E-state index < -0.39 is 0 Å². The molecule has 0 fully saturated rings. The first-order valence-corrected chi connectivity index (χ1v) is 19.3. The number of fused-ring (bicyclic) bond motifs is 12. The fraction of sp³-hybridized carbons (Fsp3) is 0. The van der Waals surface area contributed by atoms with Gasteiger partial charge in [-0.15, -0.1) is 0 Å². The molecule has 0 saturated heterocycles. The van der Waals surface area contributed by atoms with E-state index in [1.54, 1.807) is 0 Å². The highest BCUT2D eigenvalue weighted by atomic mass is 15.0. The van der Waals surface area contributed by atoms with E-state index in [2.05, 4.69) is 160 Å². The van der Waals surface area contributed by atoms with Gasteiger partial charge in [-0.3, -0.25) is 0 Å². The van der Waals surface area contributed by atoms with E-state index in [9.17, 15) is 5.26 Å². The fourth-order valence-electron chi connectivity index (χ4n) is 10.6. The van der Waals surface area contributed by atoms with Gasteiger partial charge in [-0.05, 0) is 93.7 Å². The second-order valence-corrected chi connectivity index (χ2v) is 15.4. The highest BCUT2D eigenvalue weighted by Gasteiger charge is 2.39. The molecule has 0 radical (unpaired) electrons. The minimum absolute atomic E-state index is 0.0435. The Morgan fingerprint density at radius 3 is 1.46 bits per heavy atom. The van der Waals surface area contributed by atoms with Crippen LogP contribution in [0.3, 0.4) is 0 Å². The molecular weight excluding hydrogens is 691 g/mol. The van der Waals surface area contributed by atoms with Crippen LogP contribution < -0.4 is 16.4 Å². The number of rotatable bonds is 2. The van der Waals surface area contributed by atoms with E-state index in [0.717, 1.165) is 22.4 Å². The SMILES string of the molecule is [C-]#[N+]c1ccc(-n2c3ccccc3c3cc4c5c(cccc5c32)B2c3c(cccc3-4)-c3cc4c5ccccc5n(-c5ccc(C#N)cc5)c4c4cccc2c34)cc1. The average Bonchev–Trinajstić information content (AvgIpc) is 3.79. The Balaban J connectivity index is 1.16. The van der Waals surface area contributed by atoms with Crippen molar-refractivity contribution in [3.05, 3.63) is 181 Å². The van der Waals surface area contributed by atoms with E-state index in [1.807, 2.05) is 24.3 Å². The summed E-state index contributed by atoms with van der Waals surface area (Å²) >= 11 is 0. The summed E-state index contributed by atoms with van der Waals surface area (Å²) in [5.74, 6) is 0. The van der Waals surface area contributed by atoms with Gasteiger partial charge in [0.2, 0.25) is 6.71 Å². The summed E-state index contributed by atoms with van der Waals surface area (Å²) in [7, 11) is 0. The van der Waals surface area contributed by atoms with Crippen LogP contribution in [0.25, 0.3) is 104 Å². The molecule has 0 aliphatic carbocycles. The molecule has 0 spiro atoms. The van der Waals surface area contributed by atoms with Gasteiger partial charge < -0.3 is 9.13 Å². The van der Waals surface area contributed by atoms with E-state index in [1.165, 1.54) is 92.8 Å². The minimum atomic E-state index is 0.0435. The van der Waals surface area contributed by atoms with Crippen molar-refractivity contribution in [2.75, 3.05) is 0 Å². The molecule has 57 heavy (non-hydrogen) atoms. The molecule has 2 aliphatic rings. The van der Waals surface area contributed by atoms with Crippen LogP contribution in [-0.4, -0.2) is 15.8 Å². The Kier molecular flexibility index (Phi) is 5.82. The predicted molar refractivity (Wildman–Crippen MR) is 237 cm³/mol. The van der Waals surface area contributed by atoms with Crippen molar-refractivity contribution < 1.29 is 0 Å². The van der Waals surface area contributed by atoms with Crippen molar-refractivity contribution in [1.29, 1.82) is 5.26 Å². The van der Waals surface area contributed by atoms with Gasteiger partial charge in [0.1, 0.15) is 0 Å². The zero-order valence-corrected chi connectivity index (χ0v) is 30.5. The number of benzene rings is 9. The van der Waals surface area contributed by atoms with Crippen LogP contribution in [0.5, 0.6) is 0 Å². The molecular formula is C52H27BN4. The van der Waals surface area contributed by atoms with Crippen LogP contribution >= 0.6 is 0 Å². The smallest absolute Gasteiger partial charge is 0.244 e. The molecule has 4 nitrogen and oxygen atoms in total. The fourth-order valence-corrected chi connectivity index (χ4v) is 10.6. The summed E-state index contributed by atoms with van der Waals surface area (Å²) in [5.41, 5.74) is 17.2. The molecule has 2 aromatic heterocycles. The Morgan fingerprint density at radius 2 is 0.947 bits per heavy atom. The quantitative estimate of drug-likeness (QED) is 0.130. The molecule has 0 amide bonds. The molecule has 9 aromatic carbocycles. The molecule has 0 atom stereocenters. The lowest BCUT2D eigenvalue weighted by Crippen LogP contribution is -2.57. The molecule has 2 aliphatic heterocycles. The summed E-state index contributed by atoms with van der Waals surface area (Å²) in [4.78, 5) is 3.68. The maximum absolute atomic E-state index is 9.61. The van der Waals surface area contributed by atoms with Crippen molar-refractivity contribution in [3.63, 3.8) is 0 Å². The lowest BCUT2D eigenvalue weighted by molar-refractivity contribution is 1.18. The molecule has 13 rings (SSSR count). The lowest BCUT2D eigenvalue weighted by Gasteiger charge is -2.34. The van der Waals surface area contributed by atoms with Gasteiger partial charge in [0, 0.05) is 43.7 Å². The van der Waals surface area contributed by atoms with Gasteiger partial charge in [0.05, 0.1) is 40.3 Å². The summed E-state index contributed by atoms with van der Waals surface area (Å²) in [6, 6.07) is 61.3. The number of hydrogen-bond donors (Lipinski definition) is 0. The van der Waals surface area contributed by atoms with Crippen LogP contribution in [0, 0.1) is 17.9 Å². The summed E-state index contributed by atoms with van der Waals surface area (Å²) in [5, 5.41) is 19.6. The molecule has 0 bridgehead atoms. The summed E-state index contributed by atoms with van der Waals surface area (Å²) in [6.45, 7) is 7.62. The van der Waals surface area contributed by atoms with Crippen molar-refractivity contribution >= 4 is 93.9 Å².